The molecule has 2 fully saturated rings. The van der Waals surface area contributed by atoms with E-state index in [1.807, 2.05) is 0 Å². The number of cyclic esters (lactones) is 1. The van der Waals surface area contributed by atoms with Crippen LogP contribution in [0.25, 0.3) is 0 Å². The lowest BCUT2D eigenvalue weighted by atomic mass is 9.78. The average Bonchev–Trinajstić information content (AvgIpc) is 2.65. The highest BCUT2D eigenvalue weighted by Crippen LogP contribution is 2.44. The van der Waals surface area contributed by atoms with Crippen molar-refractivity contribution in [3.63, 3.8) is 0 Å². The Balaban J connectivity index is 2.31. The van der Waals surface area contributed by atoms with Gasteiger partial charge >= 0.3 is 5.97 Å². The van der Waals surface area contributed by atoms with E-state index in [4.69, 9.17) is 9.47 Å². The number of aliphatic hydroxyl groups excluding tert-OH is 1. The van der Waals surface area contributed by atoms with Crippen molar-refractivity contribution in [2.75, 3.05) is 13.2 Å². The van der Waals surface area contributed by atoms with Gasteiger partial charge in [0.2, 0.25) is 0 Å². The highest BCUT2D eigenvalue weighted by atomic mass is 16.6. The number of carbonyl (C=O) groups excluding carboxylic acids is 1. The smallest absolute Gasteiger partial charge is 0.309 e. The van der Waals surface area contributed by atoms with Crippen molar-refractivity contribution in [2.45, 2.75) is 37.1 Å². The molecule has 0 aliphatic carbocycles. The zero-order valence-corrected chi connectivity index (χ0v) is 8.02. The Morgan fingerprint density at radius 1 is 1.64 bits per heavy atom. The first-order chi connectivity index (χ1) is 6.54. The molecular formula is C9H14O5. The monoisotopic (exact) mass is 202 g/mol. The van der Waals surface area contributed by atoms with Gasteiger partial charge in [-0.1, -0.05) is 6.92 Å². The minimum absolute atomic E-state index is 0.0222. The molecule has 3 atom stereocenters. The molecule has 2 saturated heterocycles. The summed E-state index contributed by atoms with van der Waals surface area (Å²) in [5.74, 6) is -0.383. The van der Waals surface area contributed by atoms with Crippen molar-refractivity contribution in [2.24, 2.45) is 0 Å². The van der Waals surface area contributed by atoms with E-state index < -0.39 is 17.3 Å². The van der Waals surface area contributed by atoms with Crippen molar-refractivity contribution in [1.82, 2.24) is 0 Å². The van der Waals surface area contributed by atoms with E-state index in [-0.39, 0.29) is 25.6 Å². The van der Waals surface area contributed by atoms with Gasteiger partial charge in [0, 0.05) is 0 Å². The highest BCUT2D eigenvalue weighted by Gasteiger charge is 2.63. The molecule has 0 radical (unpaired) electrons. The maximum Gasteiger partial charge on any atom is 0.309 e. The van der Waals surface area contributed by atoms with Crippen LogP contribution in [0.2, 0.25) is 0 Å². The van der Waals surface area contributed by atoms with Gasteiger partial charge in [0.25, 0.3) is 0 Å². The number of rotatable bonds is 1. The van der Waals surface area contributed by atoms with Crippen molar-refractivity contribution < 1.29 is 24.5 Å². The topological polar surface area (TPSA) is 76.0 Å². The maximum atomic E-state index is 11.0. The molecule has 3 unspecified atom stereocenters. The van der Waals surface area contributed by atoms with E-state index >= 15 is 0 Å². The molecule has 0 saturated carbocycles. The third-order valence-electron chi connectivity index (χ3n) is 3.29. The molecule has 2 rings (SSSR count). The third kappa shape index (κ3) is 1.03. The van der Waals surface area contributed by atoms with Gasteiger partial charge in [-0.25, -0.2) is 0 Å². The second-order valence-electron chi connectivity index (χ2n) is 3.94. The number of hydrogen-bond donors (Lipinski definition) is 2. The number of esters is 1. The number of carbonyl (C=O) groups is 1. The molecule has 0 amide bonds. The van der Waals surface area contributed by atoms with E-state index in [0.29, 0.717) is 6.42 Å². The summed E-state index contributed by atoms with van der Waals surface area (Å²) in [5.41, 5.74) is -2.39. The quantitative estimate of drug-likeness (QED) is 0.545. The van der Waals surface area contributed by atoms with E-state index in [2.05, 4.69) is 0 Å². The van der Waals surface area contributed by atoms with Gasteiger partial charge < -0.3 is 19.7 Å². The fourth-order valence-corrected chi connectivity index (χ4v) is 2.27. The SMILES string of the molecule is CCC1(O)C(O)COC12COC(=O)C2. The highest BCUT2D eigenvalue weighted by molar-refractivity contribution is 5.73. The molecular weight excluding hydrogens is 188 g/mol. The molecule has 2 N–H and O–H groups in total. The summed E-state index contributed by atoms with van der Waals surface area (Å²) < 4.78 is 10.1. The molecule has 0 aromatic carbocycles. The Kier molecular flexibility index (Phi) is 2.06. The van der Waals surface area contributed by atoms with Crippen molar-refractivity contribution in [3.05, 3.63) is 0 Å². The Morgan fingerprint density at radius 2 is 2.36 bits per heavy atom. The van der Waals surface area contributed by atoms with E-state index in [9.17, 15) is 15.0 Å². The van der Waals surface area contributed by atoms with Crippen LogP contribution in [-0.2, 0) is 14.3 Å². The van der Waals surface area contributed by atoms with Crippen LogP contribution in [0.3, 0.4) is 0 Å². The first kappa shape index (κ1) is 9.89. The van der Waals surface area contributed by atoms with Gasteiger partial charge in [-0.15, -0.1) is 0 Å². The summed E-state index contributed by atoms with van der Waals surface area (Å²) in [6.07, 6.45) is -0.582. The van der Waals surface area contributed by atoms with Crippen molar-refractivity contribution >= 4 is 5.97 Å². The predicted octanol–water partition coefficient (Wildman–Crippen LogP) is -0.796. The molecule has 0 bridgehead atoms. The van der Waals surface area contributed by atoms with Gasteiger partial charge in [0.15, 0.2) is 0 Å². The van der Waals surface area contributed by atoms with Crippen LogP contribution in [0.5, 0.6) is 0 Å². The normalized spacial score (nSPS) is 47.4. The third-order valence-corrected chi connectivity index (χ3v) is 3.29. The van der Waals surface area contributed by atoms with Gasteiger partial charge in [0.1, 0.15) is 23.9 Å². The van der Waals surface area contributed by atoms with E-state index in [0.717, 1.165) is 0 Å². The standard InChI is InChI=1S/C9H14O5/c1-2-9(12)6(10)4-14-8(9)3-7(11)13-5-8/h6,10,12H,2-5H2,1H3. The van der Waals surface area contributed by atoms with Crippen LogP contribution in [0.1, 0.15) is 19.8 Å². The van der Waals surface area contributed by atoms with E-state index in [1.165, 1.54) is 0 Å². The fourth-order valence-electron chi connectivity index (χ4n) is 2.27. The minimum Gasteiger partial charge on any atom is -0.462 e. The van der Waals surface area contributed by atoms with Crippen LogP contribution in [0.15, 0.2) is 0 Å². The molecule has 2 aliphatic rings. The van der Waals surface area contributed by atoms with Gasteiger partial charge in [-0.2, -0.15) is 0 Å². The molecule has 80 valence electrons. The average molecular weight is 202 g/mol. The fraction of sp³-hybridized carbons (Fsp3) is 0.889. The minimum atomic E-state index is -1.36. The van der Waals surface area contributed by atoms with Crippen LogP contribution in [0.4, 0.5) is 0 Å². The van der Waals surface area contributed by atoms with Crippen molar-refractivity contribution in [1.29, 1.82) is 0 Å². The van der Waals surface area contributed by atoms with Crippen LogP contribution >= 0.6 is 0 Å². The zero-order chi connectivity index (χ0) is 10.4. The van der Waals surface area contributed by atoms with Gasteiger partial charge in [-0.05, 0) is 6.42 Å². The largest absolute Gasteiger partial charge is 0.462 e. The zero-order valence-electron chi connectivity index (χ0n) is 8.02. The van der Waals surface area contributed by atoms with Crippen LogP contribution < -0.4 is 0 Å². The summed E-state index contributed by atoms with van der Waals surface area (Å²) in [6.45, 7) is 1.84. The molecule has 0 aromatic heterocycles. The molecule has 2 heterocycles. The summed E-state index contributed by atoms with van der Waals surface area (Å²) in [5, 5.41) is 19.8. The number of hydrogen-bond acceptors (Lipinski definition) is 5. The van der Waals surface area contributed by atoms with Gasteiger partial charge in [-0.3, -0.25) is 4.79 Å². The Bertz CT molecular complexity index is 266. The summed E-state index contributed by atoms with van der Waals surface area (Å²) in [6, 6.07) is 0. The summed E-state index contributed by atoms with van der Waals surface area (Å²) in [7, 11) is 0. The predicted molar refractivity (Wildman–Crippen MR) is 45.5 cm³/mol. The Morgan fingerprint density at radius 3 is 2.86 bits per heavy atom. The molecule has 0 aromatic rings. The lowest BCUT2D eigenvalue weighted by Gasteiger charge is -2.36. The molecule has 5 nitrogen and oxygen atoms in total. The number of aliphatic hydroxyl groups is 2. The first-order valence-corrected chi connectivity index (χ1v) is 4.74. The second-order valence-corrected chi connectivity index (χ2v) is 3.94. The molecule has 1 spiro atoms. The lowest BCUT2D eigenvalue weighted by Crippen LogP contribution is -2.56. The molecule has 14 heavy (non-hydrogen) atoms. The Hall–Kier alpha value is -0.650. The second kappa shape index (κ2) is 2.92. The summed E-state index contributed by atoms with van der Waals surface area (Å²) in [4.78, 5) is 11.0. The number of ether oxygens (including phenoxy) is 2. The first-order valence-electron chi connectivity index (χ1n) is 4.74. The van der Waals surface area contributed by atoms with Crippen LogP contribution in [0, 0.1) is 0 Å². The van der Waals surface area contributed by atoms with E-state index in [1.54, 1.807) is 6.92 Å². The Labute approximate surface area is 81.6 Å². The molecule has 5 heteroatoms. The molecule has 2 aliphatic heterocycles. The summed E-state index contributed by atoms with van der Waals surface area (Å²) >= 11 is 0. The van der Waals surface area contributed by atoms with Crippen molar-refractivity contribution in [3.8, 4) is 0 Å². The van der Waals surface area contributed by atoms with Crippen LogP contribution in [-0.4, -0.2) is 46.7 Å². The van der Waals surface area contributed by atoms with Gasteiger partial charge in [0.05, 0.1) is 13.0 Å². The lowest BCUT2D eigenvalue weighted by molar-refractivity contribution is -0.141. The maximum absolute atomic E-state index is 11.0.